The third-order valence-corrected chi connectivity index (χ3v) is 2.10. The molecule has 70 valence electrons. The van der Waals surface area contributed by atoms with Crippen molar-refractivity contribution in [2.45, 2.75) is 6.54 Å². The molecule has 0 aliphatic rings. The number of rotatable bonds is 1. The summed E-state index contributed by atoms with van der Waals surface area (Å²) in [5.41, 5.74) is 7.57. The molecule has 2 rings (SSSR count). The van der Waals surface area contributed by atoms with Gasteiger partial charge in [-0.25, -0.2) is 0 Å². The minimum atomic E-state index is 0. The van der Waals surface area contributed by atoms with Gasteiger partial charge in [0.05, 0.1) is 0 Å². The monoisotopic (exact) mass is 216 g/mol. The average molecular weight is 217 g/mol. The summed E-state index contributed by atoms with van der Waals surface area (Å²) in [6.45, 7) is 0.534. The van der Waals surface area contributed by atoms with Crippen LogP contribution in [0.1, 0.15) is 5.69 Å². The molecule has 0 amide bonds. The van der Waals surface area contributed by atoms with Gasteiger partial charge in [0.1, 0.15) is 0 Å². The lowest BCUT2D eigenvalue weighted by molar-refractivity contribution is 1.02. The Balaban J connectivity index is 0.000000845. The molecule has 0 aliphatic heterocycles. The molecule has 2 nitrogen and oxygen atoms in total. The van der Waals surface area contributed by atoms with E-state index in [0.717, 1.165) is 21.6 Å². The molecule has 0 radical (unpaired) electrons. The second kappa shape index (κ2) is 4.01. The number of benzene rings is 1. The number of aromatic amines is 1. The molecule has 2 aromatic rings. The van der Waals surface area contributed by atoms with Gasteiger partial charge in [-0.15, -0.1) is 12.4 Å². The molecule has 0 bridgehead atoms. The van der Waals surface area contributed by atoms with E-state index in [1.54, 1.807) is 0 Å². The smallest absolute Gasteiger partial charge is 0.0471 e. The van der Waals surface area contributed by atoms with E-state index < -0.39 is 0 Å². The van der Waals surface area contributed by atoms with Crippen molar-refractivity contribution in [1.29, 1.82) is 0 Å². The highest BCUT2D eigenvalue weighted by atomic mass is 35.5. The zero-order valence-electron chi connectivity index (χ0n) is 6.88. The van der Waals surface area contributed by atoms with Crippen molar-refractivity contribution in [3.05, 3.63) is 35.0 Å². The molecule has 0 saturated heterocycles. The molecule has 13 heavy (non-hydrogen) atoms. The third kappa shape index (κ3) is 1.97. The van der Waals surface area contributed by atoms with Crippen molar-refractivity contribution in [2.75, 3.05) is 0 Å². The van der Waals surface area contributed by atoms with Crippen LogP contribution in [-0.2, 0) is 6.54 Å². The van der Waals surface area contributed by atoms with E-state index in [9.17, 15) is 0 Å². The maximum Gasteiger partial charge on any atom is 0.0471 e. The van der Waals surface area contributed by atoms with Gasteiger partial charge >= 0.3 is 0 Å². The van der Waals surface area contributed by atoms with Crippen molar-refractivity contribution >= 4 is 34.9 Å². The summed E-state index contributed by atoms with van der Waals surface area (Å²) in [5.74, 6) is 0. The fraction of sp³-hybridized carbons (Fsp3) is 0.111. The van der Waals surface area contributed by atoms with E-state index in [-0.39, 0.29) is 12.4 Å². The van der Waals surface area contributed by atoms with Crippen LogP contribution in [0, 0.1) is 0 Å². The van der Waals surface area contributed by atoms with E-state index in [0.29, 0.717) is 6.54 Å². The Labute approximate surface area is 87.5 Å². The molecule has 0 aliphatic carbocycles. The standard InChI is InChI=1S/C9H9ClN2.ClH/c10-7-2-1-6-3-8(5-11)12-9(6)4-7;/h1-4,12H,5,11H2;1H. The van der Waals surface area contributed by atoms with Gasteiger partial charge in [0.25, 0.3) is 0 Å². The quantitative estimate of drug-likeness (QED) is 0.757. The fourth-order valence-corrected chi connectivity index (χ4v) is 1.44. The van der Waals surface area contributed by atoms with Gasteiger partial charge in [-0.3, -0.25) is 0 Å². The summed E-state index contributed by atoms with van der Waals surface area (Å²) in [6.07, 6.45) is 0. The number of hydrogen-bond donors (Lipinski definition) is 2. The minimum absolute atomic E-state index is 0. The van der Waals surface area contributed by atoms with Crippen LogP contribution in [0.4, 0.5) is 0 Å². The summed E-state index contributed by atoms with van der Waals surface area (Å²) < 4.78 is 0. The Morgan fingerprint density at radius 3 is 2.77 bits per heavy atom. The summed E-state index contributed by atoms with van der Waals surface area (Å²) in [6, 6.07) is 7.78. The van der Waals surface area contributed by atoms with E-state index >= 15 is 0 Å². The van der Waals surface area contributed by atoms with Crippen LogP contribution in [0.25, 0.3) is 10.9 Å². The van der Waals surface area contributed by atoms with Gasteiger partial charge in [-0.1, -0.05) is 17.7 Å². The molecule has 0 fully saturated rings. The number of hydrogen-bond acceptors (Lipinski definition) is 1. The number of nitrogens with one attached hydrogen (secondary N) is 1. The molecule has 0 unspecified atom stereocenters. The lowest BCUT2D eigenvalue weighted by atomic mass is 10.2. The Kier molecular flexibility index (Phi) is 3.20. The van der Waals surface area contributed by atoms with Crippen LogP contribution in [0.2, 0.25) is 5.02 Å². The molecule has 4 heteroatoms. The molecule has 1 heterocycles. The van der Waals surface area contributed by atoms with Crippen molar-refractivity contribution in [3.63, 3.8) is 0 Å². The summed E-state index contributed by atoms with van der Waals surface area (Å²) in [4.78, 5) is 3.18. The Morgan fingerprint density at radius 2 is 2.08 bits per heavy atom. The molecular formula is C9H10Cl2N2. The molecule has 3 N–H and O–H groups in total. The zero-order chi connectivity index (χ0) is 8.55. The van der Waals surface area contributed by atoms with Crippen molar-refractivity contribution in [2.24, 2.45) is 5.73 Å². The summed E-state index contributed by atoms with van der Waals surface area (Å²) in [7, 11) is 0. The number of H-pyrrole nitrogens is 1. The van der Waals surface area contributed by atoms with Gasteiger partial charge in [0.2, 0.25) is 0 Å². The first-order valence-corrected chi connectivity index (χ1v) is 4.14. The number of nitrogens with two attached hydrogens (primary N) is 1. The molecule has 1 aromatic heterocycles. The van der Waals surface area contributed by atoms with Gasteiger partial charge in [0.15, 0.2) is 0 Å². The first kappa shape index (κ1) is 10.4. The predicted octanol–water partition coefficient (Wildman–Crippen LogP) is 2.70. The maximum atomic E-state index is 5.82. The Hall–Kier alpha value is -0.700. The Morgan fingerprint density at radius 1 is 1.31 bits per heavy atom. The van der Waals surface area contributed by atoms with Crippen molar-refractivity contribution in [3.8, 4) is 0 Å². The Bertz CT molecular complexity index is 409. The second-order valence-corrected chi connectivity index (χ2v) is 3.17. The highest BCUT2D eigenvalue weighted by Gasteiger charge is 1.98. The highest BCUT2D eigenvalue weighted by Crippen LogP contribution is 2.19. The lowest BCUT2D eigenvalue weighted by Crippen LogP contribution is -1.94. The lowest BCUT2D eigenvalue weighted by Gasteiger charge is -1.89. The van der Waals surface area contributed by atoms with Gasteiger partial charge in [0, 0.05) is 22.8 Å². The van der Waals surface area contributed by atoms with Gasteiger partial charge in [-0.05, 0) is 23.6 Å². The molecule has 1 aromatic carbocycles. The third-order valence-electron chi connectivity index (χ3n) is 1.86. The normalized spacial score (nSPS) is 10.0. The summed E-state index contributed by atoms with van der Waals surface area (Å²) >= 11 is 5.82. The first-order valence-electron chi connectivity index (χ1n) is 3.77. The molecule has 0 atom stereocenters. The van der Waals surface area contributed by atoms with E-state index in [4.69, 9.17) is 17.3 Å². The van der Waals surface area contributed by atoms with Gasteiger partial charge in [-0.2, -0.15) is 0 Å². The van der Waals surface area contributed by atoms with Crippen molar-refractivity contribution < 1.29 is 0 Å². The van der Waals surface area contributed by atoms with Crippen LogP contribution < -0.4 is 5.73 Å². The predicted molar refractivity (Wildman–Crippen MR) is 58.4 cm³/mol. The van der Waals surface area contributed by atoms with E-state index in [1.165, 1.54) is 0 Å². The number of halogens is 2. The second-order valence-electron chi connectivity index (χ2n) is 2.73. The SMILES string of the molecule is Cl.NCc1cc2ccc(Cl)cc2[nH]1. The molecular weight excluding hydrogens is 207 g/mol. The minimum Gasteiger partial charge on any atom is -0.357 e. The topological polar surface area (TPSA) is 41.8 Å². The van der Waals surface area contributed by atoms with E-state index in [1.807, 2.05) is 24.3 Å². The zero-order valence-corrected chi connectivity index (χ0v) is 8.45. The maximum absolute atomic E-state index is 5.82. The average Bonchev–Trinajstić information content (AvgIpc) is 2.46. The van der Waals surface area contributed by atoms with E-state index in [2.05, 4.69) is 4.98 Å². The van der Waals surface area contributed by atoms with Crippen LogP contribution in [0.15, 0.2) is 24.3 Å². The molecule has 0 saturated carbocycles. The highest BCUT2D eigenvalue weighted by molar-refractivity contribution is 6.31. The number of aromatic nitrogens is 1. The first-order chi connectivity index (χ1) is 5.79. The van der Waals surface area contributed by atoms with Crippen LogP contribution in [0.5, 0.6) is 0 Å². The largest absolute Gasteiger partial charge is 0.357 e. The fourth-order valence-electron chi connectivity index (χ4n) is 1.27. The van der Waals surface area contributed by atoms with Crippen LogP contribution in [-0.4, -0.2) is 4.98 Å². The number of fused-ring (bicyclic) bond motifs is 1. The van der Waals surface area contributed by atoms with Gasteiger partial charge < -0.3 is 10.7 Å². The van der Waals surface area contributed by atoms with Crippen molar-refractivity contribution in [1.82, 2.24) is 4.98 Å². The van der Waals surface area contributed by atoms with Crippen LogP contribution >= 0.6 is 24.0 Å². The molecule has 0 spiro atoms. The summed E-state index contributed by atoms with van der Waals surface area (Å²) in [5, 5.41) is 1.90. The van der Waals surface area contributed by atoms with Crippen LogP contribution in [0.3, 0.4) is 0 Å².